The Labute approximate surface area is 123 Å². The van der Waals surface area contributed by atoms with Gasteiger partial charge in [-0.1, -0.05) is 0 Å². The van der Waals surface area contributed by atoms with Gasteiger partial charge in [-0.3, -0.25) is 0 Å². The number of benzene rings is 1. The molecule has 0 bridgehead atoms. The minimum atomic E-state index is 0.461. The molecule has 2 N–H and O–H groups in total. The number of ether oxygens (including phenoxy) is 2. The van der Waals surface area contributed by atoms with E-state index in [-0.39, 0.29) is 0 Å². The van der Waals surface area contributed by atoms with Crippen molar-refractivity contribution in [3.8, 4) is 22.1 Å². The zero-order valence-electron chi connectivity index (χ0n) is 10.2. The van der Waals surface area contributed by atoms with Crippen molar-refractivity contribution < 1.29 is 9.47 Å². The molecule has 1 aromatic heterocycles. The maximum atomic E-state index is 5.72. The summed E-state index contributed by atoms with van der Waals surface area (Å²) in [6.45, 7) is 1.82. The minimum absolute atomic E-state index is 0.461. The number of thiazole rings is 1. The lowest BCUT2D eigenvalue weighted by Crippen LogP contribution is -1.97. The zero-order valence-corrected chi connectivity index (χ0v) is 12.6. The first-order valence-electron chi connectivity index (χ1n) is 6.02. The Morgan fingerprint density at radius 2 is 2.16 bits per heavy atom. The molecular formula is C13H13BrN2O2S. The highest BCUT2D eigenvalue weighted by atomic mass is 79.9. The smallest absolute Gasteiger partial charge is 0.175 e. The van der Waals surface area contributed by atoms with E-state index in [1.165, 1.54) is 0 Å². The van der Waals surface area contributed by atoms with Gasteiger partial charge in [0.15, 0.2) is 11.5 Å². The fourth-order valence-corrected chi connectivity index (χ4v) is 3.26. The largest absolute Gasteiger partial charge is 0.489 e. The minimum Gasteiger partial charge on any atom is -0.489 e. The molecular weight excluding hydrogens is 328 g/mol. The van der Waals surface area contributed by atoms with Gasteiger partial charge < -0.3 is 15.2 Å². The van der Waals surface area contributed by atoms with E-state index in [0.29, 0.717) is 19.8 Å². The fraction of sp³-hybridized carbons (Fsp3) is 0.308. The molecule has 1 aliphatic rings. The van der Waals surface area contributed by atoms with E-state index in [2.05, 4.69) is 20.9 Å². The van der Waals surface area contributed by atoms with E-state index < -0.39 is 0 Å². The number of hydrogen-bond donors (Lipinski definition) is 1. The number of fused-ring (bicyclic) bond motifs is 1. The van der Waals surface area contributed by atoms with Crippen LogP contribution in [0, 0.1) is 0 Å². The van der Waals surface area contributed by atoms with Gasteiger partial charge in [-0.15, -0.1) is 11.3 Å². The summed E-state index contributed by atoms with van der Waals surface area (Å²) >= 11 is 5.12. The molecule has 2 aromatic rings. The predicted molar refractivity (Wildman–Crippen MR) is 78.7 cm³/mol. The van der Waals surface area contributed by atoms with Crippen molar-refractivity contribution in [2.75, 3.05) is 13.2 Å². The molecule has 4 nitrogen and oxygen atoms in total. The van der Waals surface area contributed by atoms with Crippen LogP contribution in [0.2, 0.25) is 0 Å². The van der Waals surface area contributed by atoms with Crippen LogP contribution < -0.4 is 15.2 Å². The van der Waals surface area contributed by atoms with Crippen molar-refractivity contribution in [2.45, 2.75) is 13.0 Å². The number of hydrogen-bond acceptors (Lipinski definition) is 5. The molecule has 19 heavy (non-hydrogen) atoms. The molecule has 100 valence electrons. The average molecular weight is 341 g/mol. The molecule has 0 radical (unpaired) electrons. The van der Waals surface area contributed by atoms with E-state index >= 15 is 0 Å². The van der Waals surface area contributed by atoms with Gasteiger partial charge in [-0.25, -0.2) is 4.98 Å². The molecule has 0 spiro atoms. The summed E-state index contributed by atoms with van der Waals surface area (Å²) in [4.78, 5) is 4.49. The van der Waals surface area contributed by atoms with Crippen molar-refractivity contribution in [1.82, 2.24) is 4.98 Å². The molecule has 1 aliphatic heterocycles. The van der Waals surface area contributed by atoms with Crippen molar-refractivity contribution in [2.24, 2.45) is 5.73 Å². The first-order valence-corrected chi connectivity index (χ1v) is 7.69. The molecule has 0 aliphatic carbocycles. The second-order valence-corrected chi connectivity index (χ2v) is 5.90. The Hall–Kier alpha value is -1.11. The van der Waals surface area contributed by atoms with Crippen LogP contribution in [0.15, 0.2) is 22.0 Å². The van der Waals surface area contributed by atoms with Crippen LogP contribution in [0.25, 0.3) is 10.6 Å². The lowest BCUT2D eigenvalue weighted by Gasteiger charge is -2.10. The number of nitrogens with two attached hydrogens (primary N) is 1. The topological polar surface area (TPSA) is 57.4 Å². The lowest BCUT2D eigenvalue weighted by atomic mass is 10.2. The Bertz CT molecular complexity index is 600. The van der Waals surface area contributed by atoms with Gasteiger partial charge >= 0.3 is 0 Å². The van der Waals surface area contributed by atoms with Crippen molar-refractivity contribution in [3.05, 3.63) is 27.7 Å². The summed E-state index contributed by atoms with van der Waals surface area (Å²) in [5.41, 5.74) is 7.51. The summed E-state index contributed by atoms with van der Waals surface area (Å²) in [5.74, 6) is 1.54. The number of rotatable bonds is 2. The Morgan fingerprint density at radius 1 is 1.32 bits per heavy atom. The normalized spacial score (nSPS) is 14.2. The van der Waals surface area contributed by atoms with Gasteiger partial charge in [0.1, 0.15) is 5.01 Å². The Kier molecular flexibility index (Phi) is 3.72. The van der Waals surface area contributed by atoms with Gasteiger partial charge in [-0.2, -0.15) is 0 Å². The van der Waals surface area contributed by atoms with Crippen molar-refractivity contribution in [3.63, 3.8) is 0 Å². The highest BCUT2D eigenvalue weighted by molar-refractivity contribution is 9.10. The third-order valence-corrected chi connectivity index (χ3v) is 4.34. The van der Waals surface area contributed by atoms with Crippen LogP contribution in [0.5, 0.6) is 11.5 Å². The Morgan fingerprint density at radius 3 is 2.95 bits per heavy atom. The van der Waals surface area contributed by atoms with Crippen LogP contribution in [0.3, 0.4) is 0 Å². The molecule has 0 fully saturated rings. The van der Waals surface area contributed by atoms with Crippen LogP contribution in [0.4, 0.5) is 0 Å². The summed E-state index contributed by atoms with van der Waals surface area (Å²) < 4.78 is 12.3. The molecule has 3 rings (SSSR count). The van der Waals surface area contributed by atoms with Crippen LogP contribution in [0.1, 0.15) is 12.1 Å². The van der Waals surface area contributed by atoms with E-state index in [1.807, 2.05) is 17.5 Å². The highest BCUT2D eigenvalue weighted by Gasteiger charge is 2.17. The Balaban J connectivity index is 2.03. The zero-order chi connectivity index (χ0) is 13.2. The second kappa shape index (κ2) is 5.48. The number of nitrogens with zero attached hydrogens (tertiary/aromatic N) is 1. The van der Waals surface area contributed by atoms with E-state index in [4.69, 9.17) is 15.2 Å². The van der Waals surface area contributed by atoms with Crippen molar-refractivity contribution >= 4 is 27.3 Å². The second-order valence-electron chi connectivity index (χ2n) is 4.18. The van der Waals surface area contributed by atoms with Crippen LogP contribution >= 0.6 is 27.3 Å². The monoisotopic (exact) mass is 340 g/mol. The third kappa shape index (κ3) is 2.61. The molecule has 2 heterocycles. The molecule has 6 heteroatoms. The average Bonchev–Trinajstić information content (AvgIpc) is 2.77. The predicted octanol–water partition coefficient (Wildman–Crippen LogP) is 3.19. The maximum Gasteiger partial charge on any atom is 0.175 e. The fourth-order valence-electron chi connectivity index (χ4n) is 1.89. The lowest BCUT2D eigenvalue weighted by molar-refractivity contribution is 0.296. The highest BCUT2D eigenvalue weighted by Crippen LogP contribution is 2.41. The van der Waals surface area contributed by atoms with E-state index in [0.717, 1.165) is 38.7 Å². The molecule has 0 saturated heterocycles. The first-order chi connectivity index (χ1) is 9.28. The van der Waals surface area contributed by atoms with Gasteiger partial charge in [0.2, 0.25) is 0 Å². The summed E-state index contributed by atoms with van der Waals surface area (Å²) in [6, 6.07) is 3.98. The summed E-state index contributed by atoms with van der Waals surface area (Å²) in [7, 11) is 0. The van der Waals surface area contributed by atoms with E-state index in [9.17, 15) is 0 Å². The van der Waals surface area contributed by atoms with E-state index in [1.54, 1.807) is 11.3 Å². The van der Waals surface area contributed by atoms with Gasteiger partial charge in [-0.05, 0) is 28.1 Å². The SMILES string of the molecule is NCc1csc(-c2cc(Br)c3c(c2)OCCCO3)n1. The summed E-state index contributed by atoms with van der Waals surface area (Å²) in [5, 5.41) is 2.92. The van der Waals surface area contributed by atoms with Crippen molar-refractivity contribution in [1.29, 1.82) is 0 Å². The molecule has 0 unspecified atom stereocenters. The summed E-state index contributed by atoms with van der Waals surface area (Å²) in [6.07, 6.45) is 0.894. The standard InChI is InChI=1S/C13H13BrN2O2S/c14-10-4-8(13-16-9(6-15)7-19-13)5-11-12(10)18-3-1-2-17-11/h4-5,7H,1-3,6,15H2. The molecule has 0 atom stereocenters. The quantitative estimate of drug-likeness (QED) is 0.911. The molecule has 0 amide bonds. The number of halogens is 1. The van der Waals surface area contributed by atoms with Gasteiger partial charge in [0.05, 0.1) is 23.4 Å². The molecule has 0 saturated carbocycles. The molecule has 1 aromatic carbocycles. The maximum absolute atomic E-state index is 5.72. The van der Waals surface area contributed by atoms with Crippen LogP contribution in [-0.2, 0) is 6.54 Å². The third-order valence-electron chi connectivity index (χ3n) is 2.81. The van der Waals surface area contributed by atoms with Crippen LogP contribution in [-0.4, -0.2) is 18.2 Å². The van der Waals surface area contributed by atoms with Gasteiger partial charge in [0, 0.05) is 23.9 Å². The number of aromatic nitrogens is 1. The van der Waals surface area contributed by atoms with Gasteiger partial charge in [0.25, 0.3) is 0 Å². The first kappa shape index (κ1) is 12.9.